The molecule has 2 fully saturated rings. The average Bonchev–Trinajstić information content (AvgIpc) is 3.27. The molecule has 0 radical (unpaired) electrons. The van der Waals surface area contributed by atoms with E-state index in [1.54, 1.807) is 0 Å². The molecule has 2 aliphatic heterocycles. The number of nitrogens with zero attached hydrogens (tertiary/aromatic N) is 1. The molecule has 3 heterocycles. The smallest absolute Gasteiger partial charge is 0.341 e. The molecule has 3 aliphatic rings. The summed E-state index contributed by atoms with van der Waals surface area (Å²) in [5.74, 6) is -0.857. The van der Waals surface area contributed by atoms with Gasteiger partial charge in [-0.1, -0.05) is 0 Å². The maximum absolute atomic E-state index is 12.7. The topological polar surface area (TPSA) is 77.1 Å². The number of esters is 1. The zero-order valence-corrected chi connectivity index (χ0v) is 18.1. The molecule has 7 nitrogen and oxygen atoms in total. The molecule has 4 rings (SSSR count). The van der Waals surface area contributed by atoms with Gasteiger partial charge >= 0.3 is 5.97 Å². The molecule has 29 heavy (non-hydrogen) atoms. The van der Waals surface area contributed by atoms with Gasteiger partial charge in [0, 0.05) is 30.8 Å². The maximum Gasteiger partial charge on any atom is 0.341 e. The highest BCUT2D eigenvalue weighted by Crippen LogP contribution is 2.39. The van der Waals surface area contributed by atoms with Crippen LogP contribution in [-0.4, -0.2) is 61.5 Å². The van der Waals surface area contributed by atoms with Crippen LogP contribution in [0.2, 0.25) is 0 Å². The fourth-order valence-electron chi connectivity index (χ4n) is 4.35. The molecule has 0 atom stereocenters. The number of thiophene rings is 1. The van der Waals surface area contributed by atoms with Gasteiger partial charge in [0.25, 0.3) is 0 Å². The molecule has 8 heteroatoms. The lowest BCUT2D eigenvalue weighted by atomic mass is 9.95. The third kappa shape index (κ3) is 4.66. The number of carbonyl (C=O) groups is 2. The van der Waals surface area contributed by atoms with E-state index in [0.717, 1.165) is 57.2 Å². The van der Waals surface area contributed by atoms with Crippen molar-refractivity contribution < 1.29 is 23.8 Å². The number of nitrogens with one attached hydrogen (secondary N) is 1. The van der Waals surface area contributed by atoms with E-state index in [9.17, 15) is 9.59 Å². The summed E-state index contributed by atoms with van der Waals surface area (Å²) in [6, 6.07) is 0. The number of carbonyl (C=O) groups excluding carboxylic acids is 2. The third-order valence-electron chi connectivity index (χ3n) is 5.77. The van der Waals surface area contributed by atoms with Crippen LogP contribution in [0.1, 0.15) is 60.3 Å². The van der Waals surface area contributed by atoms with Crippen LogP contribution in [0.25, 0.3) is 0 Å². The molecule has 1 spiro atoms. The summed E-state index contributed by atoms with van der Waals surface area (Å²) in [7, 11) is 0. The predicted octanol–water partition coefficient (Wildman–Crippen LogP) is 2.97. The number of ether oxygens (including phenoxy) is 3. The minimum absolute atomic E-state index is 0.0913. The summed E-state index contributed by atoms with van der Waals surface area (Å²) in [5.41, 5.74) is 1.63. The standard InChI is InChI=1S/C21H30N2O5S/c1-14(2)28-20(25)18-15-5-3-4-6-16(15)29-19(18)22-17(24)13-23-9-7-21(8-10-23)26-11-12-27-21/h14H,3-13H2,1-2H3,(H,22,24). The van der Waals surface area contributed by atoms with Gasteiger partial charge in [-0.2, -0.15) is 0 Å². The van der Waals surface area contributed by atoms with Gasteiger partial charge in [0.15, 0.2) is 5.79 Å². The van der Waals surface area contributed by atoms with E-state index >= 15 is 0 Å². The van der Waals surface area contributed by atoms with Crippen LogP contribution in [0, 0.1) is 0 Å². The van der Waals surface area contributed by atoms with Crippen LogP contribution in [-0.2, 0) is 31.8 Å². The molecule has 1 aromatic heterocycles. The minimum Gasteiger partial charge on any atom is -0.459 e. The number of piperidine rings is 1. The van der Waals surface area contributed by atoms with E-state index in [1.807, 2.05) is 13.8 Å². The Morgan fingerprint density at radius 1 is 1.17 bits per heavy atom. The monoisotopic (exact) mass is 422 g/mol. The normalized spacial score (nSPS) is 21.3. The molecule has 2 saturated heterocycles. The van der Waals surface area contributed by atoms with Crippen LogP contribution in [0.3, 0.4) is 0 Å². The molecular formula is C21H30N2O5S. The molecule has 0 bridgehead atoms. The fraction of sp³-hybridized carbons (Fsp3) is 0.714. The summed E-state index contributed by atoms with van der Waals surface area (Å²) < 4.78 is 17.0. The Kier molecular flexibility index (Phi) is 6.24. The van der Waals surface area contributed by atoms with E-state index < -0.39 is 5.79 Å². The van der Waals surface area contributed by atoms with Crippen molar-refractivity contribution in [1.29, 1.82) is 0 Å². The zero-order chi connectivity index (χ0) is 20.4. The fourth-order valence-corrected chi connectivity index (χ4v) is 5.64. The van der Waals surface area contributed by atoms with Gasteiger partial charge in [0.2, 0.25) is 5.91 Å². The van der Waals surface area contributed by atoms with Gasteiger partial charge < -0.3 is 19.5 Å². The maximum atomic E-state index is 12.7. The molecule has 0 saturated carbocycles. The van der Waals surface area contributed by atoms with Crippen LogP contribution < -0.4 is 5.32 Å². The highest BCUT2D eigenvalue weighted by Gasteiger charge is 2.40. The lowest BCUT2D eigenvalue weighted by Crippen LogP contribution is -2.47. The Labute approximate surface area is 175 Å². The number of rotatable bonds is 5. The summed E-state index contributed by atoms with van der Waals surface area (Å²) in [6.07, 6.45) is 5.40. The number of aryl methyl sites for hydroxylation is 1. The number of amides is 1. The van der Waals surface area contributed by atoms with Crippen molar-refractivity contribution in [2.24, 2.45) is 0 Å². The zero-order valence-electron chi connectivity index (χ0n) is 17.3. The van der Waals surface area contributed by atoms with Crippen molar-refractivity contribution >= 4 is 28.2 Å². The van der Waals surface area contributed by atoms with Gasteiger partial charge in [-0.05, 0) is 45.1 Å². The third-order valence-corrected chi connectivity index (χ3v) is 6.98. The Balaban J connectivity index is 1.41. The number of likely N-dealkylation sites (tertiary alicyclic amines) is 1. The van der Waals surface area contributed by atoms with Crippen molar-refractivity contribution in [2.75, 3.05) is 38.2 Å². The Morgan fingerprint density at radius 2 is 1.86 bits per heavy atom. The number of anilines is 1. The van der Waals surface area contributed by atoms with E-state index in [1.165, 1.54) is 16.2 Å². The van der Waals surface area contributed by atoms with Crippen LogP contribution >= 0.6 is 11.3 Å². The molecule has 1 aliphatic carbocycles. The number of hydrogen-bond donors (Lipinski definition) is 1. The minimum atomic E-state index is -0.437. The lowest BCUT2D eigenvalue weighted by Gasteiger charge is -2.37. The summed E-state index contributed by atoms with van der Waals surface area (Å²) in [6.45, 7) is 6.81. The molecule has 0 aromatic carbocycles. The second kappa shape index (κ2) is 8.71. The number of fused-ring (bicyclic) bond motifs is 1. The highest BCUT2D eigenvalue weighted by atomic mass is 32.1. The van der Waals surface area contributed by atoms with Crippen molar-refractivity contribution in [3.05, 3.63) is 16.0 Å². The second-order valence-corrected chi connectivity index (χ2v) is 9.41. The highest BCUT2D eigenvalue weighted by molar-refractivity contribution is 7.17. The van der Waals surface area contributed by atoms with Gasteiger partial charge in [0.1, 0.15) is 5.00 Å². The Morgan fingerprint density at radius 3 is 2.55 bits per heavy atom. The first kappa shape index (κ1) is 20.8. The van der Waals surface area contributed by atoms with Crippen molar-refractivity contribution in [3.8, 4) is 0 Å². The molecule has 1 aromatic rings. The predicted molar refractivity (Wildman–Crippen MR) is 110 cm³/mol. The summed E-state index contributed by atoms with van der Waals surface area (Å²) in [4.78, 5) is 28.8. The summed E-state index contributed by atoms with van der Waals surface area (Å²) >= 11 is 1.53. The first-order valence-electron chi connectivity index (χ1n) is 10.6. The quantitative estimate of drug-likeness (QED) is 0.735. The van der Waals surface area contributed by atoms with E-state index in [4.69, 9.17) is 14.2 Å². The van der Waals surface area contributed by atoms with Crippen molar-refractivity contribution in [2.45, 2.75) is 64.3 Å². The van der Waals surface area contributed by atoms with E-state index in [2.05, 4.69) is 10.2 Å². The van der Waals surface area contributed by atoms with Gasteiger partial charge in [-0.3, -0.25) is 9.69 Å². The van der Waals surface area contributed by atoms with Crippen LogP contribution in [0.5, 0.6) is 0 Å². The van der Waals surface area contributed by atoms with Gasteiger partial charge in [0.05, 0.1) is 31.4 Å². The second-order valence-electron chi connectivity index (χ2n) is 8.30. The Hall–Kier alpha value is -1.48. The Bertz CT molecular complexity index is 759. The SMILES string of the molecule is CC(C)OC(=O)c1c(NC(=O)CN2CCC3(CC2)OCCO3)sc2c1CCCC2. The molecule has 1 amide bonds. The largest absolute Gasteiger partial charge is 0.459 e. The lowest BCUT2D eigenvalue weighted by molar-refractivity contribution is -0.185. The van der Waals surface area contributed by atoms with Gasteiger partial charge in [-0.25, -0.2) is 4.79 Å². The van der Waals surface area contributed by atoms with Crippen molar-refractivity contribution in [3.63, 3.8) is 0 Å². The van der Waals surface area contributed by atoms with Crippen LogP contribution in [0.4, 0.5) is 5.00 Å². The molecule has 160 valence electrons. The van der Waals surface area contributed by atoms with E-state index in [-0.39, 0.29) is 18.0 Å². The summed E-state index contributed by atoms with van der Waals surface area (Å²) in [5, 5.41) is 3.65. The van der Waals surface area contributed by atoms with Gasteiger partial charge in [-0.15, -0.1) is 11.3 Å². The van der Waals surface area contributed by atoms with Crippen molar-refractivity contribution in [1.82, 2.24) is 4.90 Å². The van der Waals surface area contributed by atoms with Crippen LogP contribution in [0.15, 0.2) is 0 Å². The first-order chi connectivity index (χ1) is 14.0. The molecular weight excluding hydrogens is 392 g/mol. The van der Waals surface area contributed by atoms with E-state index in [0.29, 0.717) is 30.3 Å². The molecule has 0 unspecified atom stereocenters. The average molecular weight is 423 g/mol. The molecule has 1 N–H and O–H groups in total. The first-order valence-corrected chi connectivity index (χ1v) is 11.4. The number of hydrogen-bond acceptors (Lipinski definition) is 7.